The van der Waals surface area contributed by atoms with Gasteiger partial charge in [0.2, 0.25) is 0 Å². The molecule has 20 heavy (non-hydrogen) atoms. The van der Waals surface area contributed by atoms with Crippen LogP contribution in [0.5, 0.6) is 0 Å². The summed E-state index contributed by atoms with van der Waals surface area (Å²) in [5.74, 6) is 0.589. The Kier molecular flexibility index (Phi) is 3.67. The molecule has 1 saturated heterocycles. The zero-order valence-electron chi connectivity index (χ0n) is 12.3. The van der Waals surface area contributed by atoms with Gasteiger partial charge >= 0.3 is 0 Å². The Hall–Kier alpha value is -0.120. The van der Waals surface area contributed by atoms with Crippen molar-refractivity contribution in [2.75, 3.05) is 0 Å². The Morgan fingerprint density at radius 3 is 2.50 bits per heavy atom. The predicted molar refractivity (Wildman–Crippen MR) is 90.9 cm³/mol. The summed E-state index contributed by atoms with van der Waals surface area (Å²) in [6.07, 6.45) is 2.37. The lowest BCUT2D eigenvalue weighted by Gasteiger charge is -2.52. The molecule has 0 aromatic heterocycles. The first-order valence-electron chi connectivity index (χ1n) is 7.28. The molecule has 2 bridgehead atoms. The molecule has 1 nitrogen and oxygen atoms in total. The fourth-order valence-electron chi connectivity index (χ4n) is 4.42. The van der Waals surface area contributed by atoms with Crippen LogP contribution in [0.1, 0.15) is 56.7 Å². The highest BCUT2D eigenvalue weighted by molar-refractivity contribution is 9.11. The molecular formula is C17H22Br2N+. The topological polar surface area (TPSA) is 16.6 Å². The predicted octanol–water partition coefficient (Wildman–Crippen LogP) is 4.68. The van der Waals surface area contributed by atoms with E-state index >= 15 is 0 Å². The third-order valence-corrected chi connectivity index (χ3v) is 6.33. The van der Waals surface area contributed by atoms with E-state index in [-0.39, 0.29) is 0 Å². The Labute approximate surface area is 138 Å². The maximum Gasteiger partial charge on any atom is 0.114 e. The molecule has 1 fully saturated rings. The summed E-state index contributed by atoms with van der Waals surface area (Å²) in [6, 6.07) is 5.57. The molecule has 1 aromatic carbocycles. The monoisotopic (exact) mass is 398 g/mol. The molecule has 0 unspecified atom stereocenters. The summed E-state index contributed by atoms with van der Waals surface area (Å²) < 4.78 is 2.55. The third kappa shape index (κ3) is 2.22. The van der Waals surface area contributed by atoms with Crippen molar-refractivity contribution < 1.29 is 5.32 Å². The quantitative estimate of drug-likeness (QED) is 0.695. The van der Waals surface area contributed by atoms with Gasteiger partial charge in [-0.05, 0) is 30.0 Å². The lowest BCUT2D eigenvalue weighted by Crippen LogP contribution is -2.96. The molecule has 0 saturated carbocycles. The second kappa shape index (κ2) is 4.96. The normalized spacial score (nSPS) is 30.1. The summed E-state index contributed by atoms with van der Waals surface area (Å²) in [5, 5.41) is 2.59. The van der Waals surface area contributed by atoms with E-state index in [4.69, 9.17) is 0 Å². The van der Waals surface area contributed by atoms with Crippen LogP contribution in [0.3, 0.4) is 0 Å². The van der Waals surface area contributed by atoms with Crippen LogP contribution in [0.25, 0.3) is 0 Å². The molecule has 3 aliphatic rings. The molecule has 2 N–H and O–H groups in total. The Bertz CT molecular complexity index is 577. The molecular weight excluding hydrogens is 378 g/mol. The zero-order valence-corrected chi connectivity index (χ0v) is 15.5. The van der Waals surface area contributed by atoms with Crippen LogP contribution in [0.15, 0.2) is 33.2 Å². The number of benzene rings is 1. The molecule has 0 spiro atoms. The van der Waals surface area contributed by atoms with E-state index in [1.807, 2.05) is 0 Å². The van der Waals surface area contributed by atoms with Crippen molar-refractivity contribution in [1.29, 1.82) is 0 Å². The average molecular weight is 400 g/mol. The van der Waals surface area contributed by atoms with E-state index in [9.17, 15) is 0 Å². The van der Waals surface area contributed by atoms with Crippen molar-refractivity contribution in [3.8, 4) is 0 Å². The lowest BCUT2D eigenvalue weighted by atomic mass is 9.58. The smallest absolute Gasteiger partial charge is 0.114 e. The van der Waals surface area contributed by atoms with Gasteiger partial charge in [-0.1, -0.05) is 57.9 Å². The molecule has 1 aliphatic carbocycles. The average Bonchev–Trinajstić information content (AvgIpc) is 2.31. The van der Waals surface area contributed by atoms with Gasteiger partial charge in [0.05, 0.1) is 6.04 Å². The van der Waals surface area contributed by atoms with Crippen LogP contribution in [0.4, 0.5) is 0 Å². The van der Waals surface area contributed by atoms with E-state index < -0.39 is 0 Å². The fourth-order valence-corrected chi connectivity index (χ4v) is 5.65. The standard InChI is InChI=1S/C17H21Br2N/c1-9(2)7-12-16-15-11(19)6-5-10(18)14(15)13(20-12)8-17(16,3)4/h5-6,12-13,16,20H,1,7-8H2,2-4H3/p+1/t12-,13+,16-/m1/s1. The Balaban J connectivity index is 2.16. The molecule has 0 radical (unpaired) electrons. The van der Waals surface area contributed by atoms with Crippen LogP contribution >= 0.6 is 31.9 Å². The van der Waals surface area contributed by atoms with Crippen LogP contribution in [0, 0.1) is 5.41 Å². The van der Waals surface area contributed by atoms with Crippen molar-refractivity contribution in [3.63, 3.8) is 0 Å². The first-order chi connectivity index (χ1) is 9.31. The number of hydrogen-bond acceptors (Lipinski definition) is 0. The minimum absolute atomic E-state index is 0.357. The van der Waals surface area contributed by atoms with E-state index in [0.717, 1.165) is 6.42 Å². The molecule has 2 aliphatic heterocycles. The largest absolute Gasteiger partial charge is 0.337 e. The molecule has 3 atom stereocenters. The third-order valence-electron chi connectivity index (χ3n) is 4.94. The molecule has 0 amide bonds. The van der Waals surface area contributed by atoms with Gasteiger partial charge in [-0.15, -0.1) is 0 Å². The van der Waals surface area contributed by atoms with Crippen LogP contribution in [-0.4, -0.2) is 6.04 Å². The summed E-state index contributed by atoms with van der Waals surface area (Å²) in [7, 11) is 0. The van der Waals surface area contributed by atoms with Gasteiger partial charge in [-0.3, -0.25) is 0 Å². The molecule has 108 valence electrons. The van der Waals surface area contributed by atoms with Gasteiger partial charge in [0.1, 0.15) is 6.04 Å². The highest BCUT2D eigenvalue weighted by Crippen LogP contribution is 2.56. The van der Waals surface area contributed by atoms with Crippen molar-refractivity contribution in [2.45, 2.75) is 51.6 Å². The number of nitrogens with two attached hydrogens (primary N) is 1. The Morgan fingerprint density at radius 1 is 1.30 bits per heavy atom. The minimum Gasteiger partial charge on any atom is -0.337 e. The van der Waals surface area contributed by atoms with Gasteiger partial charge in [0.25, 0.3) is 0 Å². The van der Waals surface area contributed by atoms with Crippen molar-refractivity contribution in [2.24, 2.45) is 5.41 Å². The van der Waals surface area contributed by atoms with Crippen molar-refractivity contribution in [3.05, 3.63) is 44.4 Å². The van der Waals surface area contributed by atoms with Crippen LogP contribution in [-0.2, 0) is 0 Å². The van der Waals surface area contributed by atoms with Gasteiger partial charge in [0, 0.05) is 33.3 Å². The maximum atomic E-state index is 4.14. The number of hydrogen-bond donors (Lipinski definition) is 1. The highest BCUT2D eigenvalue weighted by atomic mass is 79.9. The summed E-state index contributed by atoms with van der Waals surface area (Å²) >= 11 is 7.57. The van der Waals surface area contributed by atoms with Crippen LogP contribution in [0.2, 0.25) is 0 Å². The second-order valence-electron chi connectivity index (χ2n) is 7.15. The van der Waals surface area contributed by atoms with E-state index in [2.05, 4.69) is 76.7 Å². The number of quaternary nitrogens is 1. The van der Waals surface area contributed by atoms with Crippen LogP contribution < -0.4 is 5.32 Å². The maximum absolute atomic E-state index is 4.14. The number of halogens is 2. The lowest BCUT2D eigenvalue weighted by molar-refractivity contribution is -0.749. The number of rotatable bonds is 2. The summed E-state index contributed by atoms with van der Waals surface area (Å²) in [5.41, 5.74) is 4.70. The van der Waals surface area contributed by atoms with Gasteiger partial charge in [-0.25, -0.2) is 0 Å². The number of fused-ring (bicyclic) bond motifs is 2. The first-order valence-corrected chi connectivity index (χ1v) is 8.87. The van der Waals surface area contributed by atoms with E-state index in [1.54, 1.807) is 0 Å². The highest BCUT2D eigenvalue weighted by Gasteiger charge is 2.53. The minimum atomic E-state index is 0.357. The SMILES string of the molecule is C=C(C)C[C@H]1[NH2+][C@H]2CC(C)(C)[C@H]1c1c(Br)ccc(Br)c12. The van der Waals surface area contributed by atoms with Gasteiger partial charge in [-0.2, -0.15) is 0 Å². The molecule has 4 rings (SSSR count). The number of piperidine rings is 1. The van der Waals surface area contributed by atoms with E-state index in [0.29, 0.717) is 23.4 Å². The molecule has 3 heteroatoms. The first kappa shape index (κ1) is 14.8. The Morgan fingerprint density at radius 2 is 1.90 bits per heavy atom. The summed E-state index contributed by atoms with van der Waals surface area (Å²) in [4.78, 5) is 0. The molecule has 1 aromatic rings. The zero-order chi connectivity index (χ0) is 14.7. The van der Waals surface area contributed by atoms with Gasteiger partial charge in [0.15, 0.2) is 0 Å². The van der Waals surface area contributed by atoms with Gasteiger partial charge < -0.3 is 5.32 Å². The summed E-state index contributed by atoms with van der Waals surface area (Å²) in [6.45, 7) is 11.1. The molecule has 2 heterocycles. The second-order valence-corrected chi connectivity index (χ2v) is 8.86. The van der Waals surface area contributed by atoms with Crippen molar-refractivity contribution >= 4 is 31.9 Å². The fraction of sp³-hybridized carbons (Fsp3) is 0.529. The van der Waals surface area contributed by atoms with E-state index in [1.165, 1.54) is 32.1 Å². The van der Waals surface area contributed by atoms with Crippen molar-refractivity contribution in [1.82, 2.24) is 0 Å².